The van der Waals surface area contributed by atoms with E-state index in [2.05, 4.69) is 4.72 Å². The van der Waals surface area contributed by atoms with Crippen LogP contribution in [0.15, 0.2) is 41.3 Å². The number of rotatable bonds is 6. The smallest absolute Gasteiger partial charge is 0.265 e. The molecule has 2 aromatic carbocycles. The van der Waals surface area contributed by atoms with Crippen LogP contribution in [0, 0.1) is 0 Å². The Morgan fingerprint density at radius 3 is 2.71 bits per heavy atom. The molecule has 0 radical (unpaired) electrons. The zero-order valence-electron chi connectivity index (χ0n) is 15.6. The number of sulfonamides is 1. The average molecular weight is 425 g/mol. The van der Waals surface area contributed by atoms with Gasteiger partial charge in [0.1, 0.15) is 17.3 Å². The second-order valence-electron chi connectivity index (χ2n) is 6.33. The Hall–Kier alpha value is -2.29. The van der Waals surface area contributed by atoms with E-state index in [1.54, 1.807) is 29.2 Å². The van der Waals surface area contributed by atoms with Gasteiger partial charge in [-0.05, 0) is 54.8 Å². The van der Waals surface area contributed by atoms with E-state index >= 15 is 0 Å². The van der Waals surface area contributed by atoms with E-state index < -0.39 is 10.0 Å². The van der Waals surface area contributed by atoms with Crippen LogP contribution < -0.4 is 14.4 Å². The topological polar surface area (TPSA) is 84.9 Å². The summed E-state index contributed by atoms with van der Waals surface area (Å²) in [5, 5.41) is 0.291. The number of carbonyl (C=O) groups is 1. The van der Waals surface area contributed by atoms with Crippen molar-refractivity contribution in [2.24, 2.45) is 0 Å². The van der Waals surface area contributed by atoms with Gasteiger partial charge in [-0.25, -0.2) is 8.42 Å². The normalized spacial score (nSPS) is 13.8. The number of nitrogens with zero attached hydrogens (tertiary/aromatic N) is 1. The van der Waals surface area contributed by atoms with Crippen molar-refractivity contribution in [2.45, 2.75) is 17.7 Å². The van der Waals surface area contributed by atoms with Crippen molar-refractivity contribution in [3.05, 3.63) is 47.0 Å². The molecule has 0 fully saturated rings. The molecule has 150 valence electrons. The highest BCUT2D eigenvalue weighted by Crippen LogP contribution is 2.32. The maximum atomic E-state index is 12.8. The van der Waals surface area contributed by atoms with Crippen molar-refractivity contribution in [1.82, 2.24) is 0 Å². The predicted octanol–water partition coefficient (Wildman–Crippen LogP) is 3.08. The summed E-state index contributed by atoms with van der Waals surface area (Å²) in [6, 6.07) is 9.52. The van der Waals surface area contributed by atoms with E-state index in [0.717, 1.165) is 24.1 Å². The minimum atomic E-state index is -3.90. The molecular formula is C19H21ClN2O5S. The zero-order valence-corrected chi connectivity index (χ0v) is 17.1. The maximum absolute atomic E-state index is 12.8. The number of halogens is 1. The van der Waals surface area contributed by atoms with Crippen molar-refractivity contribution < 1.29 is 22.7 Å². The van der Waals surface area contributed by atoms with Crippen molar-refractivity contribution >= 4 is 38.9 Å². The fraction of sp³-hybridized carbons (Fsp3) is 0.316. The molecule has 1 aliphatic heterocycles. The highest BCUT2D eigenvalue weighted by molar-refractivity contribution is 7.92. The highest BCUT2D eigenvalue weighted by atomic mass is 35.5. The number of carbonyl (C=O) groups excluding carboxylic acids is 1. The van der Waals surface area contributed by atoms with E-state index in [9.17, 15) is 13.2 Å². The van der Waals surface area contributed by atoms with Gasteiger partial charge >= 0.3 is 0 Å². The molecule has 0 aromatic heterocycles. The average Bonchev–Trinajstić information content (AvgIpc) is 2.67. The molecule has 0 unspecified atom stereocenters. The van der Waals surface area contributed by atoms with E-state index in [0.29, 0.717) is 17.3 Å². The van der Waals surface area contributed by atoms with Crippen LogP contribution in [-0.2, 0) is 26.0 Å². The van der Waals surface area contributed by atoms with Crippen molar-refractivity contribution in [1.29, 1.82) is 0 Å². The molecule has 1 N–H and O–H groups in total. The molecule has 0 aliphatic carbocycles. The third-order valence-corrected chi connectivity index (χ3v) is 6.07. The van der Waals surface area contributed by atoms with Gasteiger partial charge in [-0.1, -0.05) is 11.6 Å². The van der Waals surface area contributed by atoms with Gasteiger partial charge in [0, 0.05) is 30.1 Å². The molecule has 3 rings (SSSR count). The minimum Gasteiger partial charge on any atom is -0.495 e. The van der Waals surface area contributed by atoms with Gasteiger partial charge in [0.25, 0.3) is 15.9 Å². The zero-order chi connectivity index (χ0) is 20.3. The third-order valence-electron chi connectivity index (χ3n) is 4.43. The lowest BCUT2D eigenvalue weighted by Crippen LogP contribution is -2.37. The summed E-state index contributed by atoms with van der Waals surface area (Å²) in [5.41, 5.74) is 2.08. The fourth-order valence-corrected chi connectivity index (χ4v) is 4.67. The van der Waals surface area contributed by atoms with Crippen LogP contribution in [0.3, 0.4) is 0 Å². The number of hydrogen-bond donors (Lipinski definition) is 1. The lowest BCUT2D eigenvalue weighted by atomic mass is 10.0. The summed E-state index contributed by atoms with van der Waals surface area (Å²) in [6.07, 6.45) is 1.54. The molecule has 0 bridgehead atoms. The van der Waals surface area contributed by atoms with Gasteiger partial charge in [-0.15, -0.1) is 0 Å². The van der Waals surface area contributed by atoms with E-state index in [1.165, 1.54) is 26.4 Å². The number of aryl methyl sites for hydroxylation is 1. The standard InChI is InChI=1S/C19H21ClN2O5S/c1-26-12-19(23)22-9-3-4-13-10-15(6-7-16(13)22)21-28(24,25)18-11-14(20)5-8-17(18)27-2/h5-8,10-11,21H,3-4,9,12H2,1-2H3. The minimum absolute atomic E-state index is 0.00236. The van der Waals surface area contributed by atoms with Crippen molar-refractivity contribution in [3.63, 3.8) is 0 Å². The quantitative estimate of drug-likeness (QED) is 0.770. The third kappa shape index (κ3) is 4.24. The number of amides is 1. The second-order valence-corrected chi connectivity index (χ2v) is 8.41. The number of ether oxygens (including phenoxy) is 2. The molecular weight excluding hydrogens is 404 g/mol. The number of anilines is 2. The van der Waals surface area contributed by atoms with Crippen LogP contribution in [0.2, 0.25) is 5.02 Å². The monoisotopic (exact) mass is 424 g/mol. The van der Waals surface area contributed by atoms with Crippen LogP contribution in [-0.4, -0.2) is 41.7 Å². The fourth-order valence-electron chi connectivity index (χ4n) is 3.19. The summed E-state index contributed by atoms with van der Waals surface area (Å²) in [5.74, 6) is 0.0756. The van der Waals surface area contributed by atoms with Gasteiger partial charge in [-0.2, -0.15) is 0 Å². The molecule has 2 aromatic rings. The van der Waals surface area contributed by atoms with Crippen LogP contribution in [0.4, 0.5) is 11.4 Å². The number of nitrogens with one attached hydrogen (secondary N) is 1. The van der Waals surface area contributed by atoms with Gasteiger partial charge < -0.3 is 14.4 Å². The Morgan fingerprint density at radius 1 is 1.21 bits per heavy atom. The summed E-state index contributed by atoms with van der Waals surface area (Å²) >= 11 is 5.95. The van der Waals surface area contributed by atoms with Gasteiger partial charge in [-0.3, -0.25) is 9.52 Å². The number of methoxy groups -OCH3 is 2. The number of fused-ring (bicyclic) bond motifs is 1. The van der Waals surface area contributed by atoms with E-state index in [4.69, 9.17) is 21.1 Å². The first kappa shape index (κ1) is 20.4. The largest absolute Gasteiger partial charge is 0.495 e. The van der Waals surface area contributed by atoms with Crippen molar-refractivity contribution in [2.75, 3.05) is 37.0 Å². The summed E-state index contributed by atoms with van der Waals surface area (Å²) in [4.78, 5) is 13.8. The van der Waals surface area contributed by atoms with E-state index in [1.807, 2.05) is 0 Å². The Bertz CT molecular complexity index is 994. The molecule has 9 heteroatoms. The number of benzene rings is 2. The second kappa shape index (κ2) is 8.38. The molecule has 1 aliphatic rings. The molecule has 28 heavy (non-hydrogen) atoms. The first-order valence-electron chi connectivity index (χ1n) is 8.64. The van der Waals surface area contributed by atoms with Crippen LogP contribution in [0.1, 0.15) is 12.0 Å². The first-order chi connectivity index (χ1) is 13.4. The molecule has 1 heterocycles. The summed E-state index contributed by atoms with van der Waals surface area (Å²) < 4.78 is 38.3. The number of hydrogen-bond acceptors (Lipinski definition) is 5. The molecule has 7 nitrogen and oxygen atoms in total. The Kier molecular flexibility index (Phi) is 6.12. The van der Waals surface area contributed by atoms with E-state index in [-0.39, 0.29) is 23.2 Å². The molecule has 0 spiro atoms. The van der Waals surface area contributed by atoms with Crippen molar-refractivity contribution in [3.8, 4) is 5.75 Å². The summed E-state index contributed by atoms with van der Waals surface area (Å²) in [6.45, 7) is 0.613. The molecule has 0 atom stereocenters. The molecule has 1 amide bonds. The SMILES string of the molecule is COCC(=O)N1CCCc2cc(NS(=O)(=O)c3cc(Cl)ccc3OC)ccc21. The Balaban J connectivity index is 1.90. The van der Waals surface area contributed by atoms with Crippen LogP contribution in [0.25, 0.3) is 0 Å². The van der Waals surface area contributed by atoms with Crippen LogP contribution >= 0.6 is 11.6 Å². The summed E-state index contributed by atoms with van der Waals surface area (Å²) in [7, 11) is -1.03. The van der Waals surface area contributed by atoms with Gasteiger partial charge in [0.15, 0.2) is 0 Å². The lowest BCUT2D eigenvalue weighted by molar-refractivity contribution is -0.122. The van der Waals surface area contributed by atoms with Gasteiger partial charge in [0.2, 0.25) is 0 Å². The predicted molar refractivity (Wildman–Crippen MR) is 108 cm³/mol. The highest BCUT2D eigenvalue weighted by Gasteiger charge is 2.24. The Morgan fingerprint density at radius 2 is 2.00 bits per heavy atom. The molecule has 0 saturated carbocycles. The van der Waals surface area contributed by atoms with Crippen LogP contribution in [0.5, 0.6) is 5.75 Å². The first-order valence-corrected chi connectivity index (χ1v) is 10.5. The lowest BCUT2D eigenvalue weighted by Gasteiger charge is -2.29. The molecule has 0 saturated heterocycles. The Labute approximate surface area is 169 Å². The maximum Gasteiger partial charge on any atom is 0.265 e. The van der Waals surface area contributed by atoms with Gasteiger partial charge in [0.05, 0.1) is 7.11 Å².